The number of hydrogen-bond donors (Lipinski definition) is 2. The first-order valence-corrected chi connectivity index (χ1v) is 13.1. The molecule has 8 heteroatoms. The van der Waals surface area contributed by atoms with E-state index in [1.54, 1.807) is 48.7 Å². The van der Waals surface area contributed by atoms with Crippen molar-refractivity contribution in [3.63, 3.8) is 0 Å². The van der Waals surface area contributed by atoms with Crippen LogP contribution < -0.4 is 10.1 Å². The third-order valence-corrected chi connectivity index (χ3v) is 7.39. The lowest BCUT2D eigenvalue weighted by Crippen LogP contribution is -2.18. The van der Waals surface area contributed by atoms with Crippen LogP contribution in [0.15, 0.2) is 108 Å². The second-order valence-corrected chi connectivity index (χ2v) is 10.3. The van der Waals surface area contributed by atoms with Crippen LogP contribution in [0.25, 0.3) is 0 Å². The van der Waals surface area contributed by atoms with Crippen molar-refractivity contribution < 1.29 is 23.1 Å². The molecule has 3 aromatic carbocycles. The highest BCUT2D eigenvalue weighted by Crippen LogP contribution is 2.28. The molecule has 0 amide bonds. The van der Waals surface area contributed by atoms with Gasteiger partial charge in [0.1, 0.15) is 17.3 Å². The van der Waals surface area contributed by atoms with E-state index >= 15 is 0 Å². The Balaban J connectivity index is 1.44. The first-order chi connectivity index (χ1) is 17.4. The molecule has 0 fully saturated rings. The number of aliphatic carboxylic acids is 1. The average molecular weight is 503 g/mol. The highest BCUT2D eigenvalue weighted by molar-refractivity contribution is 7.91. The molecular weight excluding hydrogens is 476 g/mol. The number of hydrogen-bond acceptors (Lipinski definition) is 6. The number of benzene rings is 3. The van der Waals surface area contributed by atoms with Gasteiger partial charge in [-0.15, -0.1) is 0 Å². The number of carboxylic acids is 1. The van der Waals surface area contributed by atoms with Crippen molar-refractivity contribution in [2.45, 2.75) is 23.8 Å². The van der Waals surface area contributed by atoms with E-state index in [9.17, 15) is 18.3 Å². The Morgan fingerprint density at radius 1 is 0.889 bits per heavy atom. The van der Waals surface area contributed by atoms with Gasteiger partial charge in [0.15, 0.2) is 9.84 Å². The van der Waals surface area contributed by atoms with Crippen LogP contribution >= 0.6 is 0 Å². The minimum absolute atomic E-state index is 0.0856. The normalized spacial score (nSPS) is 12.0. The van der Waals surface area contributed by atoms with Gasteiger partial charge in [-0.2, -0.15) is 0 Å². The Labute approximate surface area is 210 Å². The molecule has 0 aliphatic rings. The lowest BCUT2D eigenvalue weighted by molar-refractivity contribution is -0.137. The summed E-state index contributed by atoms with van der Waals surface area (Å²) in [6, 6.07) is 28.2. The van der Waals surface area contributed by atoms with E-state index in [1.165, 1.54) is 12.1 Å². The molecule has 7 nitrogen and oxygen atoms in total. The molecule has 4 rings (SSSR count). The summed E-state index contributed by atoms with van der Waals surface area (Å²) < 4.78 is 32.2. The molecule has 1 atom stereocenters. The summed E-state index contributed by atoms with van der Waals surface area (Å²) in [4.78, 5) is 15.7. The lowest BCUT2D eigenvalue weighted by atomic mass is 9.98. The molecule has 0 radical (unpaired) electrons. The van der Waals surface area contributed by atoms with Crippen molar-refractivity contribution >= 4 is 21.6 Å². The Bertz CT molecular complexity index is 1390. The predicted molar refractivity (Wildman–Crippen MR) is 138 cm³/mol. The first-order valence-electron chi connectivity index (χ1n) is 11.4. The van der Waals surface area contributed by atoms with E-state index in [1.807, 2.05) is 42.5 Å². The smallest absolute Gasteiger partial charge is 0.303 e. The summed E-state index contributed by atoms with van der Waals surface area (Å²) >= 11 is 0. The monoisotopic (exact) mass is 502 g/mol. The highest BCUT2D eigenvalue weighted by atomic mass is 32.2. The van der Waals surface area contributed by atoms with E-state index in [0.717, 1.165) is 11.4 Å². The Hall–Kier alpha value is -4.17. The van der Waals surface area contributed by atoms with Gasteiger partial charge in [-0.05, 0) is 53.6 Å². The van der Waals surface area contributed by atoms with Crippen molar-refractivity contribution in [2.75, 3.05) is 11.1 Å². The summed E-state index contributed by atoms with van der Waals surface area (Å²) in [5, 5.41) is 12.5. The summed E-state index contributed by atoms with van der Waals surface area (Å²) in [6.45, 7) is 0.601. The quantitative estimate of drug-likeness (QED) is 0.278. The van der Waals surface area contributed by atoms with E-state index in [2.05, 4.69) is 10.3 Å². The van der Waals surface area contributed by atoms with Gasteiger partial charge in [-0.1, -0.05) is 54.6 Å². The summed E-state index contributed by atoms with van der Waals surface area (Å²) in [7, 11) is -3.77. The second kappa shape index (κ2) is 11.5. The number of carbonyl (C=O) groups is 1. The molecule has 0 spiro atoms. The maximum atomic E-state index is 13.2. The fourth-order valence-corrected chi connectivity index (χ4v) is 5.39. The molecule has 0 saturated heterocycles. The standard InChI is InChI=1S/C28H26N2O5S/c31-28(32)17-23(22-7-2-1-3-8-22)20-36(33,34)26-10-6-9-25(18-26)35-24-14-12-21(13-15-24)19-30-27-11-4-5-16-29-27/h1-16,18,23H,17,19-20H2,(H,29,30)(H,31,32). The largest absolute Gasteiger partial charge is 0.481 e. The Morgan fingerprint density at radius 3 is 2.33 bits per heavy atom. The number of anilines is 1. The maximum absolute atomic E-state index is 13.2. The molecule has 1 heterocycles. The Morgan fingerprint density at radius 2 is 1.64 bits per heavy atom. The zero-order chi connectivity index (χ0) is 25.4. The molecular formula is C28H26N2O5S. The zero-order valence-corrected chi connectivity index (χ0v) is 20.3. The number of pyridine rings is 1. The molecule has 0 bridgehead atoms. The molecule has 1 unspecified atom stereocenters. The van der Waals surface area contributed by atoms with Crippen LogP contribution in [0.4, 0.5) is 5.82 Å². The van der Waals surface area contributed by atoms with Gasteiger partial charge >= 0.3 is 5.97 Å². The molecule has 2 N–H and O–H groups in total. The van der Waals surface area contributed by atoms with Gasteiger partial charge in [0, 0.05) is 18.7 Å². The van der Waals surface area contributed by atoms with Gasteiger partial charge in [-0.25, -0.2) is 13.4 Å². The summed E-state index contributed by atoms with van der Waals surface area (Å²) in [5.41, 5.74) is 1.71. The van der Waals surface area contributed by atoms with E-state index in [4.69, 9.17) is 4.74 Å². The number of rotatable bonds is 11. The van der Waals surface area contributed by atoms with Crippen LogP contribution in [0.2, 0.25) is 0 Å². The van der Waals surface area contributed by atoms with Crippen LogP contribution in [-0.2, 0) is 21.2 Å². The summed E-state index contributed by atoms with van der Waals surface area (Å²) in [6.07, 6.45) is 1.45. The third-order valence-electron chi connectivity index (χ3n) is 5.57. The Kier molecular flexibility index (Phi) is 7.97. The van der Waals surface area contributed by atoms with Crippen LogP contribution in [0.5, 0.6) is 11.5 Å². The highest BCUT2D eigenvalue weighted by Gasteiger charge is 2.25. The molecule has 4 aromatic rings. The topological polar surface area (TPSA) is 106 Å². The third kappa shape index (κ3) is 6.93. The van der Waals surface area contributed by atoms with Crippen molar-refractivity contribution in [3.05, 3.63) is 114 Å². The predicted octanol–water partition coefficient (Wildman–Crippen LogP) is 5.52. The zero-order valence-electron chi connectivity index (χ0n) is 19.4. The lowest BCUT2D eigenvalue weighted by Gasteiger charge is -2.16. The molecule has 36 heavy (non-hydrogen) atoms. The molecule has 1 aromatic heterocycles. The van der Waals surface area contributed by atoms with Crippen LogP contribution in [0, 0.1) is 0 Å². The van der Waals surface area contributed by atoms with Gasteiger partial charge in [0.25, 0.3) is 0 Å². The van der Waals surface area contributed by atoms with E-state index < -0.39 is 21.7 Å². The van der Waals surface area contributed by atoms with Gasteiger partial charge in [0.05, 0.1) is 17.1 Å². The molecule has 184 valence electrons. The number of carboxylic acid groups (broad SMARTS) is 1. The second-order valence-electron chi connectivity index (χ2n) is 8.28. The van der Waals surface area contributed by atoms with Crippen molar-refractivity contribution in [1.82, 2.24) is 4.98 Å². The average Bonchev–Trinajstić information content (AvgIpc) is 2.89. The molecule has 0 aliphatic carbocycles. The van der Waals surface area contributed by atoms with Crippen molar-refractivity contribution in [2.24, 2.45) is 0 Å². The molecule has 0 aliphatic heterocycles. The molecule has 0 saturated carbocycles. The number of nitrogens with zero attached hydrogens (tertiary/aromatic N) is 1. The first kappa shape index (κ1) is 24.9. The maximum Gasteiger partial charge on any atom is 0.303 e. The number of sulfone groups is 1. The number of aromatic nitrogens is 1. The van der Waals surface area contributed by atoms with Crippen molar-refractivity contribution in [1.29, 1.82) is 0 Å². The van der Waals surface area contributed by atoms with E-state index in [-0.39, 0.29) is 17.1 Å². The van der Waals surface area contributed by atoms with E-state index in [0.29, 0.717) is 23.6 Å². The van der Waals surface area contributed by atoms with Crippen LogP contribution in [0.1, 0.15) is 23.5 Å². The summed E-state index contributed by atoms with van der Waals surface area (Å²) in [5.74, 6) is -0.289. The van der Waals surface area contributed by atoms with Gasteiger partial charge in [-0.3, -0.25) is 4.79 Å². The minimum atomic E-state index is -3.77. The van der Waals surface area contributed by atoms with Crippen molar-refractivity contribution in [3.8, 4) is 11.5 Å². The fourth-order valence-electron chi connectivity index (χ4n) is 3.77. The SMILES string of the molecule is O=C(O)CC(CS(=O)(=O)c1cccc(Oc2ccc(CNc3ccccn3)cc2)c1)c1ccccc1. The van der Waals surface area contributed by atoms with Gasteiger partial charge < -0.3 is 15.2 Å². The van der Waals surface area contributed by atoms with Gasteiger partial charge in [0.2, 0.25) is 0 Å². The van der Waals surface area contributed by atoms with Crippen LogP contribution in [0.3, 0.4) is 0 Å². The minimum Gasteiger partial charge on any atom is -0.481 e. The van der Waals surface area contributed by atoms with Crippen LogP contribution in [-0.4, -0.2) is 30.2 Å². The number of ether oxygens (including phenoxy) is 1. The fraction of sp³-hybridized carbons (Fsp3) is 0.143. The number of nitrogens with one attached hydrogen (secondary N) is 1.